The maximum Gasteiger partial charge on any atom is 0.0743 e. The summed E-state index contributed by atoms with van der Waals surface area (Å²) < 4.78 is 5.70. The molecule has 3 heteroatoms. The summed E-state index contributed by atoms with van der Waals surface area (Å²) in [4.78, 5) is 0. The minimum absolute atomic E-state index is 0.179. The topological polar surface area (TPSA) is 41.5 Å². The maximum atomic E-state index is 10.1. The summed E-state index contributed by atoms with van der Waals surface area (Å²) in [5.41, 5.74) is -0.403. The molecule has 3 atom stereocenters. The van der Waals surface area contributed by atoms with Crippen molar-refractivity contribution < 1.29 is 9.84 Å². The number of aliphatic hydroxyl groups is 1. The zero-order valence-electron chi connectivity index (χ0n) is 12.0. The van der Waals surface area contributed by atoms with Gasteiger partial charge in [-0.05, 0) is 26.7 Å². The van der Waals surface area contributed by atoms with Crippen LogP contribution in [0, 0.1) is 5.41 Å². The normalized spacial score (nSPS) is 30.7. The van der Waals surface area contributed by atoms with E-state index in [2.05, 4.69) is 26.1 Å². The van der Waals surface area contributed by atoms with Gasteiger partial charge in [-0.15, -0.1) is 0 Å². The number of hydrogen-bond acceptors (Lipinski definition) is 3. The molecule has 102 valence electrons. The Labute approximate surface area is 106 Å². The predicted molar refractivity (Wildman–Crippen MR) is 71.1 cm³/mol. The molecule has 2 N–H and O–H groups in total. The van der Waals surface area contributed by atoms with Gasteiger partial charge in [0.05, 0.1) is 11.7 Å². The summed E-state index contributed by atoms with van der Waals surface area (Å²) >= 11 is 0. The Bertz CT molecular complexity index is 238. The first kappa shape index (κ1) is 14.9. The Balaban J connectivity index is 2.35. The van der Waals surface area contributed by atoms with Gasteiger partial charge in [0.1, 0.15) is 0 Å². The summed E-state index contributed by atoms with van der Waals surface area (Å²) in [7, 11) is 0. The van der Waals surface area contributed by atoms with E-state index in [-0.39, 0.29) is 5.41 Å². The molecular weight excluding hydrogens is 214 g/mol. The van der Waals surface area contributed by atoms with Gasteiger partial charge in [0.25, 0.3) is 0 Å². The summed E-state index contributed by atoms with van der Waals surface area (Å²) in [6.45, 7) is 12.0. The molecule has 0 saturated heterocycles. The molecular formula is C14H29NO2. The highest BCUT2D eigenvalue weighted by molar-refractivity contribution is 5.03. The zero-order valence-corrected chi connectivity index (χ0v) is 12.0. The minimum atomic E-state index is -0.582. The van der Waals surface area contributed by atoms with Crippen LogP contribution < -0.4 is 5.32 Å². The summed E-state index contributed by atoms with van der Waals surface area (Å²) in [5, 5.41) is 13.6. The molecule has 0 aromatic rings. The number of hydrogen-bond donors (Lipinski definition) is 2. The summed E-state index contributed by atoms with van der Waals surface area (Å²) in [5.74, 6) is 0. The van der Waals surface area contributed by atoms with Crippen LogP contribution in [0.25, 0.3) is 0 Å². The minimum Gasteiger partial charge on any atom is -0.389 e. The van der Waals surface area contributed by atoms with E-state index in [4.69, 9.17) is 4.74 Å². The van der Waals surface area contributed by atoms with Gasteiger partial charge >= 0.3 is 0 Å². The largest absolute Gasteiger partial charge is 0.389 e. The van der Waals surface area contributed by atoms with Crippen LogP contribution in [0.2, 0.25) is 0 Å². The second-order valence-corrected chi connectivity index (χ2v) is 6.18. The Kier molecular flexibility index (Phi) is 4.99. The van der Waals surface area contributed by atoms with E-state index in [0.717, 1.165) is 25.9 Å². The molecule has 0 aromatic heterocycles. The van der Waals surface area contributed by atoms with Crippen molar-refractivity contribution in [2.75, 3.05) is 13.2 Å². The first-order chi connectivity index (χ1) is 7.83. The van der Waals surface area contributed by atoms with E-state index in [9.17, 15) is 5.11 Å². The molecule has 0 bridgehead atoms. The fraction of sp³-hybridized carbons (Fsp3) is 1.00. The molecule has 3 unspecified atom stereocenters. The molecule has 1 saturated carbocycles. The lowest BCUT2D eigenvalue weighted by Gasteiger charge is -2.52. The highest BCUT2D eigenvalue weighted by atomic mass is 16.5. The first-order valence-electron chi connectivity index (χ1n) is 6.91. The van der Waals surface area contributed by atoms with E-state index in [0.29, 0.717) is 18.7 Å². The van der Waals surface area contributed by atoms with Gasteiger partial charge in [0, 0.05) is 24.6 Å². The van der Waals surface area contributed by atoms with Crippen LogP contribution in [0.4, 0.5) is 0 Å². The van der Waals surface area contributed by atoms with Crippen molar-refractivity contribution in [2.45, 2.75) is 71.6 Å². The van der Waals surface area contributed by atoms with Gasteiger partial charge in [-0.2, -0.15) is 0 Å². The van der Waals surface area contributed by atoms with Crippen LogP contribution in [0.5, 0.6) is 0 Å². The van der Waals surface area contributed by atoms with Gasteiger partial charge in [0.15, 0.2) is 0 Å². The third-order valence-corrected chi connectivity index (χ3v) is 4.06. The second kappa shape index (κ2) is 5.68. The molecule has 0 amide bonds. The Morgan fingerprint density at radius 2 is 2.06 bits per heavy atom. The second-order valence-electron chi connectivity index (χ2n) is 6.18. The molecule has 3 nitrogen and oxygen atoms in total. The molecule has 1 rings (SSSR count). The van der Waals surface area contributed by atoms with E-state index in [1.165, 1.54) is 0 Å². The molecule has 1 aliphatic carbocycles. The van der Waals surface area contributed by atoms with Crippen LogP contribution in [0.3, 0.4) is 0 Å². The Morgan fingerprint density at radius 3 is 2.53 bits per heavy atom. The lowest BCUT2D eigenvalue weighted by atomic mass is 9.64. The van der Waals surface area contributed by atoms with Crippen molar-refractivity contribution in [1.82, 2.24) is 5.32 Å². The molecule has 0 aliphatic heterocycles. The van der Waals surface area contributed by atoms with Crippen molar-refractivity contribution in [3.8, 4) is 0 Å². The lowest BCUT2D eigenvalue weighted by molar-refractivity contribution is -0.117. The molecule has 17 heavy (non-hydrogen) atoms. The molecule has 0 heterocycles. The highest BCUT2D eigenvalue weighted by Gasteiger charge is 2.48. The van der Waals surface area contributed by atoms with E-state index in [1.54, 1.807) is 0 Å². The van der Waals surface area contributed by atoms with Gasteiger partial charge in [0.2, 0.25) is 0 Å². The average Bonchev–Trinajstić information content (AvgIpc) is 2.22. The highest BCUT2D eigenvalue weighted by Crippen LogP contribution is 2.42. The number of nitrogens with one attached hydrogen (secondary N) is 1. The molecule has 0 radical (unpaired) electrons. The van der Waals surface area contributed by atoms with Gasteiger partial charge in [-0.25, -0.2) is 0 Å². The van der Waals surface area contributed by atoms with Crippen molar-refractivity contribution in [2.24, 2.45) is 5.41 Å². The molecule has 1 aliphatic rings. The van der Waals surface area contributed by atoms with Crippen molar-refractivity contribution in [3.63, 3.8) is 0 Å². The number of rotatable bonds is 7. The zero-order chi connectivity index (χ0) is 13.1. The van der Waals surface area contributed by atoms with Crippen molar-refractivity contribution in [1.29, 1.82) is 0 Å². The third-order valence-electron chi connectivity index (χ3n) is 4.06. The van der Waals surface area contributed by atoms with Gasteiger partial charge in [-0.1, -0.05) is 27.2 Å². The van der Waals surface area contributed by atoms with Crippen molar-refractivity contribution in [3.05, 3.63) is 0 Å². The SMILES string of the molecule is CCCC(C)(O)CNC1CC(OCC)C1(C)C. The Hall–Kier alpha value is -0.120. The molecule has 0 spiro atoms. The molecule has 1 fully saturated rings. The smallest absolute Gasteiger partial charge is 0.0743 e. The Morgan fingerprint density at radius 1 is 1.41 bits per heavy atom. The summed E-state index contributed by atoms with van der Waals surface area (Å²) in [6.07, 6.45) is 3.29. The van der Waals surface area contributed by atoms with Crippen LogP contribution in [0.15, 0.2) is 0 Å². The van der Waals surface area contributed by atoms with Crippen LogP contribution in [-0.4, -0.2) is 36.0 Å². The maximum absolute atomic E-state index is 10.1. The van der Waals surface area contributed by atoms with Crippen LogP contribution in [0.1, 0.15) is 53.9 Å². The fourth-order valence-electron chi connectivity index (χ4n) is 2.69. The monoisotopic (exact) mass is 243 g/mol. The fourth-order valence-corrected chi connectivity index (χ4v) is 2.69. The van der Waals surface area contributed by atoms with E-state index >= 15 is 0 Å². The average molecular weight is 243 g/mol. The summed E-state index contributed by atoms with van der Waals surface area (Å²) in [6, 6.07) is 0.461. The first-order valence-corrected chi connectivity index (χ1v) is 6.91. The lowest BCUT2D eigenvalue weighted by Crippen LogP contribution is -2.62. The van der Waals surface area contributed by atoms with Crippen LogP contribution in [-0.2, 0) is 4.74 Å². The number of ether oxygens (including phenoxy) is 1. The predicted octanol–water partition coefficient (Wildman–Crippen LogP) is 2.33. The van der Waals surface area contributed by atoms with Crippen molar-refractivity contribution >= 4 is 0 Å². The van der Waals surface area contributed by atoms with Gasteiger partial charge in [-0.3, -0.25) is 0 Å². The van der Waals surface area contributed by atoms with Crippen LogP contribution >= 0.6 is 0 Å². The standard InChI is InChI=1S/C14H29NO2/c1-6-8-14(5,16)10-15-11-9-12(17-7-2)13(11,3)4/h11-12,15-16H,6-10H2,1-5H3. The third kappa shape index (κ3) is 3.67. The van der Waals surface area contributed by atoms with E-state index in [1.807, 2.05) is 13.8 Å². The quantitative estimate of drug-likeness (QED) is 0.721. The van der Waals surface area contributed by atoms with E-state index < -0.39 is 5.60 Å². The molecule has 0 aromatic carbocycles. The van der Waals surface area contributed by atoms with Gasteiger partial charge < -0.3 is 15.2 Å².